The number of nitrogens with zero attached hydrogens (tertiary/aromatic N) is 1. The molecule has 0 radical (unpaired) electrons. The van der Waals surface area contributed by atoms with Crippen LogP contribution in [0.4, 0.5) is 10.5 Å². The van der Waals surface area contributed by atoms with E-state index in [-0.39, 0.29) is 18.6 Å². The van der Waals surface area contributed by atoms with Crippen LogP contribution in [-0.2, 0) is 10.0 Å². The molecule has 1 saturated heterocycles. The van der Waals surface area contributed by atoms with Gasteiger partial charge in [-0.1, -0.05) is 30.7 Å². The van der Waals surface area contributed by atoms with E-state index in [0.29, 0.717) is 17.1 Å². The lowest BCUT2D eigenvalue weighted by Gasteiger charge is -2.34. The minimum absolute atomic E-state index is 0.248. The van der Waals surface area contributed by atoms with Crippen LogP contribution in [-0.4, -0.2) is 37.9 Å². The topological polar surface area (TPSA) is 78.5 Å². The van der Waals surface area contributed by atoms with E-state index in [1.165, 1.54) is 0 Å². The standard InChI is InChI=1S/C21H27N3O3S/c1-16-11-12-20(14-17(16)2)28(26,27)24-13-7-6-10-19(24)15-22-21(25)23-18-8-4-3-5-9-18/h3-5,8-9,11-12,14,19H,6-7,10,13,15H2,1-2H3,(H2,22,23,25). The molecule has 0 spiro atoms. The molecule has 2 aromatic rings. The number of urea groups is 1. The van der Waals surface area contributed by atoms with E-state index in [1.807, 2.05) is 38.1 Å². The van der Waals surface area contributed by atoms with Gasteiger partial charge in [-0.05, 0) is 62.1 Å². The fourth-order valence-electron chi connectivity index (χ4n) is 3.41. The molecule has 1 aliphatic heterocycles. The summed E-state index contributed by atoms with van der Waals surface area (Å²) in [7, 11) is -3.60. The number of carbonyl (C=O) groups is 1. The number of sulfonamides is 1. The SMILES string of the molecule is Cc1ccc(S(=O)(=O)N2CCCCC2CNC(=O)Nc2ccccc2)cc1C. The third-order valence-corrected chi connectivity index (χ3v) is 7.14. The highest BCUT2D eigenvalue weighted by Gasteiger charge is 2.33. The van der Waals surface area contributed by atoms with E-state index in [4.69, 9.17) is 0 Å². The van der Waals surface area contributed by atoms with E-state index in [0.717, 1.165) is 30.4 Å². The van der Waals surface area contributed by atoms with Gasteiger partial charge in [-0.3, -0.25) is 0 Å². The van der Waals surface area contributed by atoms with Crippen molar-refractivity contribution >= 4 is 21.7 Å². The van der Waals surface area contributed by atoms with Crippen LogP contribution in [0.15, 0.2) is 53.4 Å². The molecule has 1 heterocycles. The van der Waals surface area contributed by atoms with Gasteiger partial charge in [0.05, 0.1) is 4.90 Å². The number of hydrogen-bond acceptors (Lipinski definition) is 3. The number of benzene rings is 2. The first-order chi connectivity index (χ1) is 13.4. The van der Waals surface area contributed by atoms with Gasteiger partial charge < -0.3 is 10.6 Å². The van der Waals surface area contributed by atoms with Crippen molar-refractivity contribution in [2.45, 2.75) is 44.0 Å². The molecule has 0 saturated carbocycles. The first-order valence-electron chi connectivity index (χ1n) is 9.57. The van der Waals surface area contributed by atoms with Crippen molar-refractivity contribution in [3.8, 4) is 0 Å². The fraction of sp³-hybridized carbons (Fsp3) is 0.381. The molecule has 1 atom stereocenters. The van der Waals surface area contributed by atoms with Crippen LogP contribution < -0.4 is 10.6 Å². The summed E-state index contributed by atoms with van der Waals surface area (Å²) in [5.41, 5.74) is 2.71. The molecule has 7 heteroatoms. The Morgan fingerprint density at radius 3 is 2.54 bits per heavy atom. The Kier molecular flexibility index (Phi) is 6.36. The summed E-state index contributed by atoms with van der Waals surface area (Å²) in [6.45, 7) is 4.63. The molecule has 2 amide bonds. The molecule has 1 aliphatic rings. The van der Waals surface area contributed by atoms with Gasteiger partial charge in [0.1, 0.15) is 0 Å². The molecule has 28 heavy (non-hydrogen) atoms. The van der Waals surface area contributed by atoms with E-state index in [1.54, 1.807) is 28.6 Å². The van der Waals surface area contributed by atoms with Crippen molar-refractivity contribution < 1.29 is 13.2 Å². The zero-order chi connectivity index (χ0) is 20.1. The number of nitrogens with one attached hydrogen (secondary N) is 2. The predicted molar refractivity (Wildman–Crippen MR) is 111 cm³/mol. The van der Waals surface area contributed by atoms with E-state index in [9.17, 15) is 13.2 Å². The average Bonchev–Trinajstić information content (AvgIpc) is 2.69. The van der Waals surface area contributed by atoms with E-state index >= 15 is 0 Å². The smallest absolute Gasteiger partial charge is 0.319 e. The second kappa shape index (κ2) is 8.75. The third-order valence-electron chi connectivity index (χ3n) is 5.19. The van der Waals surface area contributed by atoms with Gasteiger partial charge >= 0.3 is 6.03 Å². The van der Waals surface area contributed by atoms with E-state index < -0.39 is 10.0 Å². The zero-order valence-corrected chi connectivity index (χ0v) is 17.1. The van der Waals surface area contributed by atoms with Crippen LogP contribution >= 0.6 is 0 Å². The average molecular weight is 402 g/mol. The lowest BCUT2D eigenvalue weighted by atomic mass is 10.1. The monoisotopic (exact) mass is 401 g/mol. The maximum absolute atomic E-state index is 13.2. The Morgan fingerprint density at radius 2 is 1.82 bits per heavy atom. The predicted octanol–water partition coefficient (Wildman–Crippen LogP) is 3.67. The molecule has 150 valence electrons. The van der Waals surface area contributed by atoms with Gasteiger partial charge in [0.2, 0.25) is 10.0 Å². The maximum Gasteiger partial charge on any atom is 0.319 e. The highest BCUT2D eigenvalue weighted by Crippen LogP contribution is 2.26. The maximum atomic E-state index is 13.2. The number of hydrogen-bond donors (Lipinski definition) is 2. The summed E-state index contributed by atoms with van der Waals surface area (Å²) < 4.78 is 27.9. The summed E-state index contributed by atoms with van der Waals surface area (Å²) in [5, 5.41) is 5.58. The van der Waals surface area contributed by atoms with Gasteiger partial charge in [0.15, 0.2) is 0 Å². The number of piperidine rings is 1. The van der Waals surface area contributed by atoms with Gasteiger partial charge in [0.25, 0.3) is 0 Å². The van der Waals surface area contributed by atoms with Crippen molar-refractivity contribution in [2.24, 2.45) is 0 Å². The van der Waals surface area contributed by atoms with Crippen LogP contribution in [0.1, 0.15) is 30.4 Å². The highest BCUT2D eigenvalue weighted by molar-refractivity contribution is 7.89. The number of rotatable bonds is 5. The van der Waals surface area contributed by atoms with Crippen molar-refractivity contribution in [1.82, 2.24) is 9.62 Å². The number of anilines is 1. The minimum atomic E-state index is -3.60. The Balaban J connectivity index is 1.69. The number of aryl methyl sites for hydroxylation is 2. The van der Waals surface area contributed by atoms with Crippen LogP contribution in [0.3, 0.4) is 0 Å². The van der Waals surface area contributed by atoms with Crippen molar-refractivity contribution in [3.05, 3.63) is 59.7 Å². The largest absolute Gasteiger partial charge is 0.336 e. The molecule has 2 N–H and O–H groups in total. The Bertz CT molecular complexity index is 929. The quantitative estimate of drug-likeness (QED) is 0.802. The molecule has 1 unspecified atom stereocenters. The molecule has 0 bridgehead atoms. The molecular formula is C21H27N3O3S. The Labute approximate surface area is 167 Å². The van der Waals surface area contributed by atoms with Crippen LogP contribution in [0.25, 0.3) is 0 Å². The molecule has 0 aliphatic carbocycles. The summed E-state index contributed by atoms with van der Waals surface area (Å²) in [4.78, 5) is 12.5. The normalized spacial score (nSPS) is 17.9. The van der Waals surface area contributed by atoms with Gasteiger partial charge in [-0.15, -0.1) is 0 Å². The van der Waals surface area contributed by atoms with E-state index in [2.05, 4.69) is 10.6 Å². The molecular weight excluding hydrogens is 374 g/mol. The van der Waals surface area contributed by atoms with Crippen LogP contribution in [0.5, 0.6) is 0 Å². The second-order valence-electron chi connectivity index (χ2n) is 7.21. The molecule has 3 rings (SSSR count). The first-order valence-corrected chi connectivity index (χ1v) is 11.0. The van der Waals surface area contributed by atoms with Gasteiger partial charge in [-0.2, -0.15) is 4.31 Å². The minimum Gasteiger partial charge on any atom is -0.336 e. The Hall–Kier alpha value is -2.38. The summed E-state index contributed by atoms with van der Waals surface area (Å²) in [6.07, 6.45) is 2.51. The molecule has 2 aromatic carbocycles. The number of para-hydroxylation sites is 1. The lowest BCUT2D eigenvalue weighted by molar-refractivity contribution is 0.231. The molecule has 6 nitrogen and oxygen atoms in total. The first kappa shape index (κ1) is 20.4. The Morgan fingerprint density at radius 1 is 1.07 bits per heavy atom. The van der Waals surface area contributed by atoms with Crippen molar-refractivity contribution in [1.29, 1.82) is 0 Å². The second-order valence-corrected chi connectivity index (χ2v) is 9.10. The van der Waals surface area contributed by atoms with Crippen molar-refractivity contribution in [3.63, 3.8) is 0 Å². The molecule has 1 fully saturated rings. The number of amides is 2. The third kappa shape index (κ3) is 4.72. The lowest BCUT2D eigenvalue weighted by Crippen LogP contribution is -2.49. The van der Waals surface area contributed by atoms with Crippen LogP contribution in [0, 0.1) is 13.8 Å². The van der Waals surface area contributed by atoms with Gasteiger partial charge in [0, 0.05) is 24.8 Å². The summed E-state index contributed by atoms with van der Waals surface area (Å²) >= 11 is 0. The summed E-state index contributed by atoms with van der Waals surface area (Å²) in [6, 6.07) is 13.8. The highest BCUT2D eigenvalue weighted by atomic mass is 32.2. The zero-order valence-electron chi connectivity index (χ0n) is 16.3. The van der Waals surface area contributed by atoms with Crippen LogP contribution in [0.2, 0.25) is 0 Å². The molecule has 0 aromatic heterocycles. The summed E-state index contributed by atoms with van der Waals surface area (Å²) in [5.74, 6) is 0. The fourth-order valence-corrected chi connectivity index (χ4v) is 5.19. The van der Waals surface area contributed by atoms with Gasteiger partial charge in [-0.25, -0.2) is 13.2 Å². The number of carbonyl (C=O) groups excluding carboxylic acids is 1. The van der Waals surface area contributed by atoms with Crippen molar-refractivity contribution in [2.75, 3.05) is 18.4 Å².